The summed E-state index contributed by atoms with van der Waals surface area (Å²) in [5, 5.41) is 13.8. The van der Waals surface area contributed by atoms with E-state index in [1.165, 1.54) is 24.3 Å². The summed E-state index contributed by atoms with van der Waals surface area (Å²) in [5.74, 6) is -1.54. The molecule has 3 rings (SSSR count). The van der Waals surface area contributed by atoms with Crippen molar-refractivity contribution in [2.75, 3.05) is 6.54 Å². The molecule has 1 aliphatic heterocycles. The van der Waals surface area contributed by atoms with Crippen LogP contribution in [0.15, 0.2) is 48.5 Å². The maximum absolute atomic E-state index is 13.1. The molecule has 2 atom stereocenters. The molecule has 1 heterocycles. The van der Waals surface area contributed by atoms with Crippen molar-refractivity contribution in [1.82, 2.24) is 10.2 Å². The number of hydrogen-bond acceptors (Lipinski definition) is 4. The zero-order valence-electron chi connectivity index (χ0n) is 16.2. The van der Waals surface area contributed by atoms with Gasteiger partial charge in [-0.2, -0.15) is 0 Å². The minimum Gasteiger partial charge on any atom is -0.545 e. The van der Waals surface area contributed by atoms with Gasteiger partial charge in [0, 0.05) is 6.54 Å². The molecule has 0 aromatic heterocycles. The van der Waals surface area contributed by atoms with Gasteiger partial charge in [0.25, 0.3) is 0 Å². The number of carbonyl (C=O) groups excluding carboxylic acids is 2. The van der Waals surface area contributed by atoms with Crippen LogP contribution in [-0.4, -0.2) is 29.4 Å². The summed E-state index contributed by atoms with van der Waals surface area (Å²) in [6, 6.07) is 12.2. The number of likely N-dealkylation sites (tertiary alicyclic amines) is 1. The van der Waals surface area contributed by atoms with Gasteiger partial charge in [-0.15, -0.1) is 0 Å². The van der Waals surface area contributed by atoms with E-state index in [1.54, 1.807) is 24.3 Å². The maximum Gasteiger partial charge on any atom is 1.00 e. The molecule has 0 aliphatic carbocycles. The molecule has 0 radical (unpaired) electrons. The van der Waals surface area contributed by atoms with Crippen molar-refractivity contribution in [3.8, 4) is 0 Å². The van der Waals surface area contributed by atoms with Crippen molar-refractivity contribution in [3.63, 3.8) is 0 Å². The summed E-state index contributed by atoms with van der Waals surface area (Å²) < 4.78 is 13.1. The van der Waals surface area contributed by atoms with E-state index in [0.29, 0.717) is 6.54 Å². The Morgan fingerprint density at radius 3 is 2.43 bits per heavy atom. The second-order valence-electron chi connectivity index (χ2n) is 6.89. The van der Waals surface area contributed by atoms with Crippen LogP contribution < -0.4 is 29.3 Å². The van der Waals surface area contributed by atoms with Crippen LogP contribution in [0.3, 0.4) is 0 Å². The monoisotopic (exact) mass is 376 g/mol. The summed E-state index contributed by atoms with van der Waals surface area (Å²) >= 11 is 0. The Bertz CT molecular complexity index is 811. The summed E-state index contributed by atoms with van der Waals surface area (Å²) in [6.07, 6.45) is 1.72. The molecule has 142 valence electrons. The molecule has 1 unspecified atom stereocenters. The van der Waals surface area contributed by atoms with Crippen LogP contribution >= 0.6 is 0 Å². The van der Waals surface area contributed by atoms with E-state index in [0.717, 1.165) is 30.5 Å². The van der Waals surface area contributed by atoms with Crippen LogP contribution in [0, 0.1) is 5.82 Å². The van der Waals surface area contributed by atoms with Crippen molar-refractivity contribution in [2.45, 2.75) is 38.4 Å². The van der Waals surface area contributed by atoms with E-state index in [9.17, 15) is 19.1 Å². The molecular weight excluding hydrogens is 354 g/mol. The molecule has 7 heteroatoms. The van der Waals surface area contributed by atoms with Crippen LogP contribution in [-0.2, 0) is 11.3 Å². The Kier molecular flexibility index (Phi) is 7.82. The van der Waals surface area contributed by atoms with E-state index in [2.05, 4.69) is 10.2 Å². The van der Waals surface area contributed by atoms with Gasteiger partial charge in [0.05, 0.1) is 18.1 Å². The van der Waals surface area contributed by atoms with Gasteiger partial charge in [0.2, 0.25) is 5.91 Å². The maximum atomic E-state index is 13.1. The normalized spacial score (nSPS) is 17.6. The van der Waals surface area contributed by atoms with E-state index in [-0.39, 0.29) is 48.2 Å². The van der Waals surface area contributed by atoms with Crippen LogP contribution in [0.25, 0.3) is 0 Å². The molecule has 1 fully saturated rings. The molecule has 28 heavy (non-hydrogen) atoms. The Balaban J connectivity index is 0.00000280. The summed E-state index contributed by atoms with van der Waals surface area (Å²) in [4.78, 5) is 25.7. The van der Waals surface area contributed by atoms with Crippen LogP contribution in [0.5, 0.6) is 0 Å². The fourth-order valence-corrected chi connectivity index (χ4v) is 3.44. The first-order chi connectivity index (χ1) is 12.9. The molecule has 0 saturated carbocycles. The van der Waals surface area contributed by atoms with Crippen molar-refractivity contribution in [1.29, 1.82) is 0 Å². The fourth-order valence-electron chi connectivity index (χ4n) is 3.44. The predicted octanol–water partition coefficient (Wildman–Crippen LogP) is -0.965. The van der Waals surface area contributed by atoms with E-state index in [4.69, 9.17) is 0 Å². The van der Waals surface area contributed by atoms with E-state index >= 15 is 0 Å². The topological polar surface area (TPSA) is 72.5 Å². The molecule has 1 aliphatic rings. The Morgan fingerprint density at radius 1 is 1.18 bits per heavy atom. The van der Waals surface area contributed by atoms with Gasteiger partial charge in [-0.25, -0.2) is 4.39 Å². The minimum atomic E-state index is -1.22. The smallest absolute Gasteiger partial charge is 0.545 e. The largest absolute Gasteiger partial charge is 1.00 e. The van der Waals surface area contributed by atoms with Gasteiger partial charge in [-0.05, 0) is 55.1 Å². The summed E-state index contributed by atoms with van der Waals surface area (Å²) in [5.41, 5.74) is 1.91. The number of nitrogens with zero attached hydrogens (tertiary/aromatic N) is 1. The Morgan fingerprint density at radius 2 is 1.82 bits per heavy atom. The number of halogens is 1. The van der Waals surface area contributed by atoms with Gasteiger partial charge < -0.3 is 15.2 Å². The van der Waals surface area contributed by atoms with Gasteiger partial charge in [0.15, 0.2) is 0 Å². The number of carboxylic acids is 1. The minimum absolute atomic E-state index is 0. The van der Waals surface area contributed by atoms with Crippen LogP contribution in [0.4, 0.5) is 4.39 Å². The Labute approximate surface area is 176 Å². The first kappa shape index (κ1) is 22.2. The summed E-state index contributed by atoms with van der Waals surface area (Å²) in [7, 11) is 0. The third-order valence-electron chi connectivity index (χ3n) is 4.97. The number of hydrogen-bond donors (Lipinski definition) is 1. The number of carbonyl (C=O) groups is 2. The molecule has 0 bridgehead atoms. The third-order valence-corrected chi connectivity index (χ3v) is 4.97. The first-order valence-corrected chi connectivity index (χ1v) is 9.04. The zero-order chi connectivity index (χ0) is 19.4. The number of rotatable bonds is 6. The van der Waals surface area contributed by atoms with Gasteiger partial charge in [-0.3, -0.25) is 9.69 Å². The SMILES string of the molecule is C[C@H](NC(=O)C1CCCN1Cc1ccc(F)cc1)c1ccc(C(=O)[O-])cc1.[Li+]. The molecule has 2 aromatic carbocycles. The number of nitrogens with one attached hydrogen (secondary N) is 1. The molecule has 5 nitrogen and oxygen atoms in total. The predicted molar refractivity (Wildman–Crippen MR) is 97.2 cm³/mol. The Hall–Kier alpha value is -2.13. The average molecular weight is 376 g/mol. The average Bonchev–Trinajstić information content (AvgIpc) is 3.12. The number of carboxylic acid groups (broad SMARTS) is 1. The zero-order valence-corrected chi connectivity index (χ0v) is 16.2. The molecular formula is C21H22FLiN2O3. The van der Waals surface area contributed by atoms with Crippen molar-refractivity contribution in [3.05, 3.63) is 71.0 Å². The second-order valence-corrected chi connectivity index (χ2v) is 6.89. The summed E-state index contributed by atoms with van der Waals surface area (Å²) in [6.45, 7) is 3.29. The van der Waals surface area contributed by atoms with Crippen molar-refractivity contribution < 1.29 is 37.9 Å². The standard InChI is InChI=1S/C21H23FN2O3.Li/c1-14(16-6-8-17(9-7-16)21(26)27)23-20(25)19-3-2-12-24(19)13-15-4-10-18(22)11-5-15;/h4-11,14,19H,2-3,12-13H2,1H3,(H,23,25)(H,26,27);/q;+1/p-1/t14-,19?;/m0./s1. The van der Waals surface area contributed by atoms with Crippen molar-refractivity contribution in [2.24, 2.45) is 0 Å². The van der Waals surface area contributed by atoms with Crippen molar-refractivity contribution >= 4 is 11.9 Å². The second kappa shape index (κ2) is 9.88. The van der Waals surface area contributed by atoms with E-state index < -0.39 is 5.97 Å². The molecule has 2 aromatic rings. The first-order valence-electron chi connectivity index (χ1n) is 9.04. The van der Waals surface area contributed by atoms with Crippen LogP contribution in [0.1, 0.15) is 47.3 Å². The quantitative estimate of drug-likeness (QED) is 0.659. The molecule has 1 amide bonds. The number of amides is 1. The molecule has 1 saturated heterocycles. The van der Waals surface area contributed by atoms with Crippen LogP contribution in [0.2, 0.25) is 0 Å². The molecule has 1 N–H and O–H groups in total. The van der Waals surface area contributed by atoms with E-state index in [1.807, 2.05) is 6.92 Å². The fraction of sp³-hybridized carbons (Fsp3) is 0.333. The van der Waals surface area contributed by atoms with Gasteiger partial charge >= 0.3 is 18.9 Å². The third kappa shape index (κ3) is 5.45. The van der Waals surface area contributed by atoms with Gasteiger partial charge in [0.1, 0.15) is 5.82 Å². The van der Waals surface area contributed by atoms with Gasteiger partial charge in [-0.1, -0.05) is 36.4 Å². The number of aromatic carboxylic acids is 1. The number of benzene rings is 2. The molecule has 0 spiro atoms.